The van der Waals surface area contributed by atoms with Crippen LogP contribution in [0.15, 0.2) is 10.7 Å². The molecule has 0 bridgehead atoms. The first-order valence-electron chi connectivity index (χ1n) is 8.54. The molecule has 0 atom stereocenters. The Balaban J connectivity index is 1.54. The second-order valence-corrected chi connectivity index (χ2v) is 7.51. The number of piperazine rings is 1. The fourth-order valence-corrected chi connectivity index (χ4v) is 3.54. The summed E-state index contributed by atoms with van der Waals surface area (Å²) in [5.74, 6) is 0.135. The first kappa shape index (κ1) is 18.1. The third-order valence-corrected chi connectivity index (χ3v) is 5.96. The fourth-order valence-electron chi connectivity index (χ4n) is 3.26. The first-order chi connectivity index (χ1) is 11.8. The van der Waals surface area contributed by atoms with Gasteiger partial charge in [0.2, 0.25) is 5.91 Å². The maximum absolute atomic E-state index is 12.6. The van der Waals surface area contributed by atoms with E-state index < -0.39 is 0 Å². The second-order valence-electron chi connectivity index (χ2n) is 6.71. The number of halogens is 1. The van der Waals surface area contributed by atoms with E-state index in [0.717, 1.165) is 54.3 Å². The van der Waals surface area contributed by atoms with E-state index in [2.05, 4.69) is 37.2 Å². The molecule has 1 amide bonds. The van der Waals surface area contributed by atoms with E-state index in [-0.39, 0.29) is 5.91 Å². The van der Waals surface area contributed by atoms with Crippen molar-refractivity contribution in [2.24, 2.45) is 7.05 Å². The highest BCUT2D eigenvalue weighted by Gasteiger charge is 2.23. The zero-order valence-electron chi connectivity index (χ0n) is 15.3. The van der Waals surface area contributed by atoms with Gasteiger partial charge in [0.25, 0.3) is 0 Å². The van der Waals surface area contributed by atoms with Crippen molar-refractivity contribution >= 4 is 21.8 Å². The van der Waals surface area contributed by atoms with E-state index in [0.29, 0.717) is 6.54 Å². The van der Waals surface area contributed by atoms with Crippen molar-refractivity contribution in [2.75, 3.05) is 26.2 Å². The topological polar surface area (TPSA) is 59.2 Å². The zero-order chi connectivity index (χ0) is 18.1. The summed E-state index contributed by atoms with van der Waals surface area (Å²) < 4.78 is 4.63. The summed E-state index contributed by atoms with van der Waals surface area (Å²) in [7, 11) is 1.95. The quantitative estimate of drug-likeness (QED) is 0.771. The maximum Gasteiger partial charge on any atom is 0.244 e. The Morgan fingerprint density at radius 2 is 1.80 bits per heavy atom. The Morgan fingerprint density at radius 1 is 1.12 bits per heavy atom. The van der Waals surface area contributed by atoms with Crippen molar-refractivity contribution in [1.29, 1.82) is 0 Å². The summed E-state index contributed by atoms with van der Waals surface area (Å²) in [6, 6.07) is 0. The molecule has 25 heavy (non-hydrogen) atoms. The van der Waals surface area contributed by atoms with Gasteiger partial charge in [0.05, 0.1) is 21.6 Å². The van der Waals surface area contributed by atoms with Crippen LogP contribution >= 0.6 is 15.9 Å². The molecule has 0 aliphatic carbocycles. The lowest BCUT2D eigenvalue weighted by molar-refractivity contribution is -0.133. The number of nitrogens with zero attached hydrogens (tertiary/aromatic N) is 6. The predicted molar refractivity (Wildman–Crippen MR) is 99.2 cm³/mol. The van der Waals surface area contributed by atoms with E-state index in [1.807, 2.05) is 37.4 Å². The normalized spacial score (nSPS) is 15.8. The molecule has 0 spiro atoms. The van der Waals surface area contributed by atoms with E-state index in [9.17, 15) is 4.79 Å². The lowest BCUT2D eigenvalue weighted by atomic mass is 10.2. The second kappa shape index (κ2) is 7.29. The minimum atomic E-state index is 0.135. The zero-order valence-corrected chi connectivity index (χ0v) is 16.9. The number of hydrogen-bond donors (Lipinski definition) is 0. The van der Waals surface area contributed by atoms with Crippen LogP contribution in [-0.2, 0) is 24.9 Å². The van der Waals surface area contributed by atoms with Gasteiger partial charge in [0.15, 0.2) is 0 Å². The smallest absolute Gasteiger partial charge is 0.244 e. The number of aromatic nitrogens is 4. The molecule has 0 unspecified atom stereocenters. The average molecular weight is 409 g/mol. The molecule has 0 saturated carbocycles. The molecule has 3 rings (SSSR count). The van der Waals surface area contributed by atoms with Crippen molar-refractivity contribution in [1.82, 2.24) is 29.4 Å². The molecule has 1 fully saturated rings. The highest BCUT2D eigenvalue weighted by atomic mass is 79.9. The number of carbonyl (C=O) groups excluding carboxylic acids is 1. The van der Waals surface area contributed by atoms with Gasteiger partial charge in [-0.05, 0) is 36.7 Å². The fraction of sp³-hybridized carbons (Fsp3) is 0.588. The van der Waals surface area contributed by atoms with Gasteiger partial charge < -0.3 is 4.90 Å². The lowest BCUT2D eigenvalue weighted by Crippen LogP contribution is -2.49. The van der Waals surface area contributed by atoms with E-state index >= 15 is 0 Å². The van der Waals surface area contributed by atoms with Crippen LogP contribution < -0.4 is 0 Å². The standard InChI is InChI=1S/C17H25BrN6O/c1-12-15(9-21(4)19-12)10-22-5-7-23(8-6-22)16(25)11-24-14(3)17(18)13(2)20-24/h9H,5-8,10-11H2,1-4H3. The minimum Gasteiger partial charge on any atom is -0.339 e. The van der Waals surface area contributed by atoms with Crippen molar-refractivity contribution in [2.45, 2.75) is 33.9 Å². The van der Waals surface area contributed by atoms with Crippen molar-refractivity contribution < 1.29 is 4.79 Å². The van der Waals surface area contributed by atoms with Gasteiger partial charge in [-0.3, -0.25) is 19.1 Å². The number of amides is 1. The third-order valence-electron chi connectivity index (χ3n) is 4.81. The molecule has 2 aromatic rings. The first-order valence-corrected chi connectivity index (χ1v) is 9.33. The Labute approximate surface area is 156 Å². The lowest BCUT2D eigenvalue weighted by Gasteiger charge is -2.34. The summed E-state index contributed by atoms with van der Waals surface area (Å²) in [6.07, 6.45) is 2.08. The van der Waals surface area contributed by atoms with Crippen LogP contribution in [0.25, 0.3) is 0 Å². The minimum absolute atomic E-state index is 0.135. The number of carbonyl (C=O) groups is 1. The van der Waals surface area contributed by atoms with Crippen molar-refractivity contribution in [3.63, 3.8) is 0 Å². The van der Waals surface area contributed by atoms with Crippen molar-refractivity contribution in [3.05, 3.63) is 33.3 Å². The number of hydrogen-bond acceptors (Lipinski definition) is 4. The van der Waals surface area contributed by atoms with Crippen LogP contribution in [0, 0.1) is 20.8 Å². The average Bonchev–Trinajstić information content (AvgIpc) is 3.01. The highest BCUT2D eigenvalue weighted by Crippen LogP contribution is 2.20. The molecule has 1 aliphatic rings. The van der Waals surface area contributed by atoms with Crippen LogP contribution in [-0.4, -0.2) is 61.4 Å². The Hall–Kier alpha value is -1.67. The molecule has 1 aliphatic heterocycles. The monoisotopic (exact) mass is 408 g/mol. The van der Waals surface area contributed by atoms with E-state index in [1.165, 1.54) is 5.56 Å². The van der Waals surface area contributed by atoms with E-state index in [1.54, 1.807) is 4.68 Å². The molecular weight excluding hydrogens is 384 g/mol. The van der Waals surface area contributed by atoms with Crippen LogP contribution in [0.4, 0.5) is 0 Å². The van der Waals surface area contributed by atoms with Crippen LogP contribution in [0.5, 0.6) is 0 Å². The van der Waals surface area contributed by atoms with Gasteiger partial charge in [0.1, 0.15) is 6.54 Å². The molecule has 8 heteroatoms. The van der Waals surface area contributed by atoms with Crippen LogP contribution in [0.3, 0.4) is 0 Å². The van der Waals surface area contributed by atoms with Gasteiger partial charge in [-0.1, -0.05) is 0 Å². The molecule has 1 saturated heterocycles. The summed E-state index contributed by atoms with van der Waals surface area (Å²) >= 11 is 3.51. The molecule has 7 nitrogen and oxygen atoms in total. The molecular formula is C17H25BrN6O. The van der Waals surface area contributed by atoms with Crippen LogP contribution in [0.1, 0.15) is 22.6 Å². The Bertz CT molecular complexity index is 772. The van der Waals surface area contributed by atoms with Crippen molar-refractivity contribution in [3.8, 4) is 0 Å². The molecule has 3 heterocycles. The molecule has 0 aromatic carbocycles. The molecule has 0 N–H and O–H groups in total. The van der Waals surface area contributed by atoms with Gasteiger partial charge in [0, 0.05) is 51.5 Å². The SMILES string of the molecule is Cc1nn(C)cc1CN1CCN(C(=O)Cn2nc(C)c(Br)c2C)CC1. The van der Waals surface area contributed by atoms with Gasteiger partial charge in [-0.15, -0.1) is 0 Å². The van der Waals surface area contributed by atoms with Gasteiger partial charge >= 0.3 is 0 Å². The Morgan fingerprint density at radius 3 is 2.32 bits per heavy atom. The summed E-state index contributed by atoms with van der Waals surface area (Å²) in [4.78, 5) is 16.9. The molecule has 136 valence electrons. The molecule has 0 radical (unpaired) electrons. The Kier molecular flexibility index (Phi) is 5.29. The predicted octanol–water partition coefficient (Wildman–Crippen LogP) is 1.65. The largest absolute Gasteiger partial charge is 0.339 e. The molecule has 2 aromatic heterocycles. The van der Waals surface area contributed by atoms with Gasteiger partial charge in [-0.25, -0.2) is 0 Å². The summed E-state index contributed by atoms with van der Waals surface area (Å²) in [5.41, 5.74) is 4.25. The summed E-state index contributed by atoms with van der Waals surface area (Å²) in [6.45, 7) is 10.5. The van der Waals surface area contributed by atoms with Gasteiger partial charge in [-0.2, -0.15) is 10.2 Å². The maximum atomic E-state index is 12.6. The summed E-state index contributed by atoms with van der Waals surface area (Å²) in [5, 5.41) is 8.83. The van der Waals surface area contributed by atoms with E-state index in [4.69, 9.17) is 0 Å². The van der Waals surface area contributed by atoms with Crippen LogP contribution in [0.2, 0.25) is 0 Å². The number of aryl methyl sites for hydroxylation is 3. The third kappa shape index (κ3) is 3.95. The number of rotatable bonds is 4. The highest BCUT2D eigenvalue weighted by molar-refractivity contribution is 9.10.